The molecular formula is C8H16N2O3S. The molecular weight excluding hydrogens is 204 g/mol. The number of thioether (sulfide) groups is 1. The van der Waals surface area contributed by atoms with Crippen molar-refractivity contribution in [2.24, 2.45) is 5.73 Å². The number of rotatable bonds is 6. The fourth-order valence-electron chi connectivity index (χ4n) is 0.622. The fourth-order valence-corrected chi connectivity index (χ4v) is 1.62. The van der Waals surface area contributed by atoms with E-state index in [1.54, 1.807) is 14.1 Å². The monoisotopic (exact) mass is 220 g/mol. The molecule has 0 radical (unpaired) electrons. The highest BCUT2D eigenvalue weighted by Crippen LogP contribution is 2.04. The normalized spacial score (nSPS) is 12.2. The minimum absolute atomic E-state index is 0.0268. The summed E-state index contributed by atoms with van der Waals surface area (Å²) in [6.07, 6.45) is 0.390. The van der Waals surface area contributed by atoms with Crippen LogP contribution in [0.5, 0.6) is 0 Å². The molecule has 0 saturated heterocycles. The van der Waals surface area contributed by atoms with Crippen LogP contribution in [0.2, 0.25) is 0 Å². The molecule has 0 spiro atoms. The summed E-state index contributed by atoms with van der Waals surface area (Å²) in [5.74, 6) is -0.00438. The van der Waals surface area contributed by atoms with Crippen LogP contribution in [0.4, 0.5) is 0 Å². The summed E-state index contributed by atoms with van der Waals surface area (Å²) in [7, 11) is 3.37. The Labute approximate surface area is 87.6 Å². The molecule has 0 aromatic carbocycles. The van der Waals surface area contributed by atoms with Crippen LogP contribution in [0.3, 0.4) is 0 Å². The number of hydrogen-bond donors (Lipinski definition) is 2. The van der Waals surface area contributed by atoms with E-state index in [4.69, 9.17) is 10.8 Å². The molecule has 0 aromatic rings. The van der Waals surface area contributed by atoms with E-state index in [2.05, 4.69) is 0 Å². The lowest BCUT2D eigenvalue weighted by Crippen LogP contribution is -2.30. The van der Waals surface area contributed by atoms with Crippen LogP contribution in [-0.2, 0) is 9.59 Å². The van der Waals surface area contributed by atoms with E-state index in [9.17, 15) is 9.59 Å². The maximum atomic E-state index is 11.1. The lowest BCUT2D eigenvalue weighted by Gasteiger charge is -2.10. The van der Waals surface area contributed by atoms with Gasteiger partial charge in [0.25, 0.3) is 0 Å². The molecule has 0 aliphatic heterocycles. The van der Waals surface area contributed by atoms with Crippen molar-refractivity contribution in [2.45, 2.75) is 12.5 Å². The van der Waals surface area contributed by atoms with E-state index in [1.165, 1.54) is 16.7 Å². The third-order valence-corrected chi connectivity index (χ3v) is 2.59. The van der Waals surface area contributed by atoms with Crippen molar-refractivity contribution < 1.29 is 14.7 Å². The van der Waals surface area contributed by atoms with Crippen LogP contribution in [0, 0.1) is 0 Å². The number of carboxylic acids is 1. The Kier molecular flexibility index (Phi) is 6.31. The molecule has 0 fully saturated rings. The van der Waals surface area contributed by atoms with Crippen molar-refractivity contribution in [1.82, 2.24) is 4.90 Å². The van der Waals surface area contributed by atoms with Gasteiger partial charge in [-0.05, 0) is 12.2 Å². The van der Waals surface area contributed by atoms with Crippen molar-refractivity contribution in [3.63, 3.8) is 0 Å². The Morgan fingerprint density at radius 3 is 2.50 bits per heavy atom. The first-order chi connectivity index (χ1) is 6.45. The molecule has 1 unspecified atom stereocenters. The van der Waals surface area contributed by atoms with Gasteiger partial charge in [0, 0.05) is 14.1 Å². The van der Waals surface area contributed by atoms with Gasteiger partial charge in [0.15, 0.2) is 0 Å². The SMILES string of the molecule is CN(C)C(=O)CSCCC(N)C(=O)O. The molecule has 82 valence electrons. The van der Waals surface area contributed by atoms with Gasteiger partial charge >= 0.3 is 5.97 Å². The molecule has 0 aromatic heterocycles. The van der Waals surface area contributed by atoms with Gasteiger partial charge in [-0.1, -0.05) is 0 Å². The molecule has 0 rings (SSSR count). The Bertz CT molecular complexity index is 209. The number of aliphatic carboxylic acids is 1. The predicted octanol–water partition coefficient (Wildman–Crippen LogP) is -0.390. The van der Waals surface area contributed by atoms with Crippen LogP contribution >= 0.6 is 11.8 Å². The summed E-state index contributed by atoms with van der Waals surface area (Å²) in [4.78, 5) is 22.9. The molecule has 3 N–H and O–H groups in total. The lowest BCUT2D eigenvalue weighted by molar-refractivity contribution is -0.138. The first-order valence-electron chi connectivity index (χ1n) is 4.21. The highest BCUT2D eigenvalue weighted by atomic mass is 32.2. The Hall–Kier alpha value is -0.750. The van der Waals surface area contributed by atoms with Crippen LogP contribution in [0.15, 0.2) is 0 Å². The number of carbonyl (C=O) groups excluding carboxylic acids is 1. The summed E-state index contributed by atoms with van der Waals surface area (Å²) in [5.41, 5.74) is 5.28. The van der Waals surface area contributed by atoms with Crippen molar-refractivity contribution in [1.29, 1.82) is 0 Å². The van der Waals surface area contributed by atoms with E-state index in [1.807, 2.05) is 0 Å². The lowest BCUT2D eigenvalue weighted by atomic mass is 10.2. The molecule has 0 saturated carbocycles. The average Bonchev–Trinajstić information content (AvgIpc) is 2.11. The van der Waals surface area contributed by atoms with Gasteiger partial charge in [0.05, 0.1) is 5.75 Å². The van der Waals surface area contributed by atoms with Crippen LogP contribution < -0.4 is 5.73 Å². The summed E-state index contributed by atoms with van der Waals surface area (Å²) in [6.45, 7) is 0. The van der Waals surface area contributed by atoms with Gasteiger partial charge in [-0.15, -0.1) is 0 Å². The van der Waals surface area contributed by atoms with Crippen molar-refractivity contribution in [2.75, 3.05) is 25.6 Å². The molecule has 6 heteroatoms. The van der Waals surface area contributed by atoms with E-state index in [0.717, 1.165) is 0 Å². The van der Waals surface area contributed by atoms with Gasteiger partial charge in [-0.2, -0.15) is 11.8 Å². The van der Waals surface area contributed by atoms with Gasteiger partial charge in [0.2, 0.25) is 5.91 Å². The highest BCUT2D eigenvalue weighted by Gasteiger charge is 2.11. The minimum Gasteiger partial charge on any atom is -0.480 e. The first kappa shape index (κ1) is 13.2. The number of nitrogens with zero attached hydrogens (tertiary/aromatic N) is 1. The number of amides is 1. The van der Waals surface area contributed by atoms with Gasteiger partial charge in [0.1, 0.15) is 6.04 Å². The quantitative estimate of drug-likeness (QED) is 0.596. The largest absolute Gasteiger partial charge is 0.480 e. The number of carbonyl (C=O) groups is 2. The zero-order valence-electron chi connectivity index (χ0n) is 8.40. The number of hydrogen-bond acceptors (Lipinski definition) is 4. The Balaban J connectivity index is 3.47. The molecule has 0 aliphatic rings. The topological polar surface area (TPSA) is 83.6 Å². The number of carboxylic acid groups (broad SMARTS) is 1. The van der Waals surface area contributed by atoms with Crippen LogP contribution in [-0.4, -0.2) is 53.5 Å². The third kappa shape index (κ3) is 5.82. The summed E-state index contributed by atoms with van der Waals surface area (Å²) in [6, 6.07) is -0.822. The minimum atomic E-state index is -0.996. The molecule has 0 bridgehead atoms. The molecule has 0 heterocycles. The van der Waals surface area contributed by atoms with Crippen LogP contribution in [0.25, 0.3) is 0 Å². The van der Waals surface area contributed by atoms with Crippen LogP contribution in [0.1, 0.15) is 6.42 Å². The standard InChI is InChI=1S/C8H16N2O3S/c1-10(2)7(11)5-14-4-3-6(9)8(12)13/h6H,3-5,9H2,1-2H3,(H,12,13). The van der Waals surface area contributed by atoms with E-state index in [0.29, 0.717) is 17.9 Å². The Morgan fingerprint density at radius 2 is 2.07 bits per heavy atom. The second-order valence-electron chi connectivity index (χ2n) is 3.07. The van der Waals surface area contributed by atoms with Crippen molar-refractivity contribution >= 4 is 23.6 Å². The van der Waals surface area contributed by atoms with Gasteiger partial charge < -0.3 is 15.7 Å². The summed E-state index contributed by atoms with van der Waals surface area (Å²) < 4.78 is 0. The molecule has 14 heavy (non-hydrogen) atoms. The molecule has 0 aliphatic carbocycles. The fraction of sp³-hybridized carbons (Fsp3) is 0.750. The van der Waals surface area contributed by atoms with Gasteiger partial charge in [-0.3, -0.25) is 9.59 Å². The van der Waals surface area contributed by atoms with Gasteiger partial charge in [-0.25, -0.2) is 0 Å². The second kappa shape index (κ2) is 6.67. The third-order valence-electron chi connectivity index (χ3n) is 1.61. The second-order valence-corrected chi connectivity index (χ2v) is 4.18. The maximum absolute atomic E-state index is 11.1. The highest BCUT2D eigenvalue weighted by molar-refractivity contribution is 7.99. The first-order valence-corrected chi connectivity index (χ1v) is 5.37. The van der Waals surface area contributed by atoms with E-state index in [-0.39, 0.29) is 5.91 Å². The zero-order chi connectivity index (χ0) is 11.1. The summed E-state index contributed by atoms with van der Waals surface area (Å²) in [5, 5.41) is 8.47. The van der Waals surface area contributed by atoms with E-state index >= 15 is 0 Å². The smallest absolute Gasteiger partial charge is 0.320 e. The molecule has 1 amide bonds. The van der Waals surface area contributed by atoms with E-state index < -0.39 is 12.0 Å². The molecule has 5 nitrogen and oxygen atoms in total. The summed E-state index contributed by atoms with van der Waals surface area (Å²) >= 11 is 1.40. The number of nitrogens with two attached hydrogens (primary N) is 1. The Morgan fingerprint density at radius 1 is 1.50 bits per heavy atom. The molecule has 1 atom stereocenters. The predicted molar refractivity (Wildman–Crippen MR) is 56.2 cm³/mol. The van der Waals surface area contributed by atoms with Crippen molar-refractivity contribution in [3.8, 4) is 0 Å². The average molecular weight is 220 g/mol. The van der Waals surface area contributed by atoms with Crippen molar-refractivity contribution in [3.05, 3.63) is 0 Å². The zero-order valence-corrected chi connectivity index (χ0v) is 9.21. The maximum Gasteiger partial charge on any atom is 0.320 e.